The predicted octanol–water partition coefficient (Wildman–Crippen LogP) is 3.40. The fraction of sp³-hybridized carbons (Fsp3) is 0.188. The number of aryl methyl sites for hydroxylation is 1. The van der Waals surface area contributed by atoms with Gasteiger partial charge in [-0.15, -0.1) is 0 Å². The summed E-state index contributed by atoms with van der Waals surface area (Å²) in [5, 5.41) is 0. The number of rotatable bonds is 4. The van der Waals surface area contributed by atoms with Crippen molar-refractivity contribution in [1.82, 2.24) is 0 Å². The minimum Gasteiger partial charge on any atom is -0.426 e. The largest absolute Gasteiger partial charge is 0.426 e. The Morgan fingerprint density at radius 2 is 1.56 bits per heavy atom. The Morgan fingerprint density at radius 1 is 0.944 bits per heavy atom. The number of carbonyl (C=O) groups is 1. The van der Waals surface area contributed by atoms with Crippen molar-refractivity contribution >= 4 is 5.97 Å². The molecule has 0 aliphatic heterocycles. The Morgan fingerprint density at radius 3 is 2.22 bits per heavy atom. The standard InChI is InChI=1S/C16H16O2/c1-2-13-8-6-7-9-14(13)12-16(17)18-15-10-4-3-5-11-15/h3-11H,2,12H2,1H3. The van der Waals surface area contributed by atoms with Gasteiger partial charge in [0, 0.05) is 0 Å². The van der Waals surface area contributed by atoms with Crippen molar-refractivity contribution in [3.8, 4) is 5.75 Å². The number of para-hydroxylation sites is 1. The highest BCUT2D eigenvalue weighted by Gasteiger charge is 2.08. The Bertz CT molecular complexity index is 518. The van der Waals surface area contributed by atoms with Crippen molar-refractivity contribution in [1.29, 1.82) is 0 Å². The molecule has 2 heteroatoms. The van der Waals surface area contributed by atoms with E-state index in [-0.39, 0.29) is 5.97 Å². The molecule has 2 nitrogen and oxygen atoms in total. The van der Waals surface area contributed by atoms with E-state index in [9.17, 15) is 4.79 Å². The van der Waals surface area contributed by atoms with Crippen LogP contribution in [0.3, 0.4) is 0 Å². The van der Waals surface area contributed by atoms with Crippen molar-refractivity contribution < 1.29 is 9.53 Å². The lowest BCUT2D eigenvalue weighted by molar-refractivity contribution is -0.133. The monoisotopic (exact) mass is 240 g/mol. The summed E-state index contributed by atoms with van der Waals surface area (Å²) < 4.78 is 5.28. The third-order valence-corrected chi connectivity index (χ3v) is 2.81. The summed E-state index contributed by atoms with van der Waals surface area (Å²) in [5.74, 6) is 0.374. The van der Waals surface area contributed by atoms with Gasteiger partial charge in [0.05, 0.1) is 6.42 Å². The van der Waals surface area contributed by atoms with Crippen molar-refractivity contribution in [3.05, 3.63) is 65.7 Å². The van der Waals surface area contributed by atoms with Gasteiger partial charge in [0.15, 0.2) is 0 Å². The van der Waals surface area contributed by atoms with Crippen LogP contribution in [0.1, 0.15) is 18.1 Å². The third-order valence-electron chi connectivity index (χ3n) is 2.81. The second-order valence-corrected chi connectivity index (χ2v) is 4.09. The molecule has 0 amide bonds. The molecule has 0 aromatic heterocycles. The summed E-state index contributed by atoms with van der Waals surface area (Å²) in [7, 11) is 0. The highest BCUT2D eigenvalue weighted by Crippen LogP contribution is 2.13. The van der Waals surface area contributed by atoms with E-state index in [0.29, 0.717) is 12.2 Å². The summed E-state index contributed by atoms with van der Waals surface area (Å²) in [6.07, 6.45) is 1.24. The topological polar surface area (TPSA) is 26.3 Å². The van der Waals surface area contributed by atoms with Gasteiger partial charge in [0.1, 0.15) is 5.75 Å². The van der Waals surface area contributed by atoms with Gasteiger partial charge >= 0.3 is 5.97 Å². The van der Waals surface area contributed by atoms with Crippen LogP contribution in [0.5, 0.6) is 5.75 Å². The molecule has 0 aliphatic carbocycles. The zero-order valence-electron chi connectivity index (χ0n) is 10.4. The zero-order chi connectivity index (χ0) is 12.8. The van der Waals surface area contributed by atoms with E-state index in [1.165, 1.54) is 5.56 Å². The van der Waals surface area contributed by atoms with E-state index in [4.69, 9.17) is 4.74 Å². The molecular formula is C16H16O2. The molecular weight excluding hydrogens is 224 g/mol. The minimum atomic E-state index is -0.220. The lowest BCUT2D eigenvalue weighted by Crippen LogP contribution is -2.12. The molecule has 0 unspecified atom stereocenters. The Hall–Kier alpha value is -2.09. The Kier molecular flexibility index (Phi) is 4.13. The van der Waals surface area contributed by atoms with Gasteiger partial charge in [0.2, 0.25) is 0 Å². The van der Waals surface area contributed by atoms with Crippen LogP contribution in [0.15, 0.2) is 54.6 Å². The second-order valence-electron chi connectivity index (χ2n) is 4.09. The lowest BCUT2D eigenvalue weighted by atomic mass is 10.0. The average molecular weight is 240 g/mol. The molecule has 0 aliphatic rings. The smallest absolute Gasteiger partial charge is 0.315 e. The van der Waals surface area contributed by atoms with Gasteiger partial charge in [-0.1, -0.05) is 49.4 Å². The first kappa shape index (κ1) is 12.4. The van der Waals surface area contributed by atoms with Crippen LogP contribution in [0, 0.1) is 0 Å². The molecule has 0 bridgehead atoms. The van der Waals surface area contributed by atoms with Crippen molar-refractivity contribution in [2.24, 2.45) is 0 Å². The average Bonchev–Trinajstić information content (AvgIpc) is 2.40. The molecule has 0 atom stereocenters. The van der Waals surface area contributed by atoms with Gasteiger partial charge in [-0.05, 0) is 29.7 Å². The van der Waals surface area contributed by atoms with Gasteiger partial charge in [-0.2, -0.15) is 0 Å². The number of hydrogen-bond donors (Lipinski definition) is 0. The number of hydrogen-bond acceptors (Lipinski definition) is 2. The van der Waals surface area contributed by atoms with E-state index in [1.807, 2.05) is 42.5 Å². The van der Waals surface area contributed by atoms with Crippen LogP contribution in [0.25, 0.3) is 0 Å². The van der Waals surface area contributed by atoms with Crippen LogP contribution in [-0.2, 0) is 17.6 Å². The number of ether oxygens (including phenoxy) is 1. The maximum atomic E-state index is 11.8. The van der Waals surface area contributed by atoms with Crippen molar-refractivity contribution in [2.45, 2.75) is 19.8 Å². The number of carbonyl (C=O) groups excluding carboxylic acids is 1. The van der Waals surface area contributed by atoms with Gasteiger partial charge in [0.25, 0.3) is 0 Å². The highest BCUT2D eigenvalue weighted by molar-refractivity contribution is 5.75. The van der Waals surface area contributed by atoms with Gasteiger partial charge in [-0.3, -0.25) is 4.79 Å². The molecule has 0 heterocycles. The molecule has 2 aromatic rings. The molecule has 0 fully saturated rings. The lowest BCUT2D eigenvalue weighted by Gasteiger charge is -2.07. The molecule has 0 radical (unpaired) electrons. The van der Waals surface area contributed by atoms with Gasteiger partial charge in [-0.25, -0.2) is 0 Å². The van der Waals surface area contributed by atoms with Crippen LogP contribution >= 0.6 is 0 Å². The van der Waals surface area contributed by atoms with E-state index in [0.717, 1.165) is 12.0 Å². The summed E-state index contributed by atoms with van der Waals surface area (Å²) >= 11 is 0. The summed E-state index contributed by atoms with van der Waals surface area (Å²) in [4.78, 5) is 11.8. The second kappa shape index (κ2) is 6.01. The van der Waals surface area contributed by atoms with E-state index < -0.39 is 0 Å². The quantitative estimate of drug-likeness (QED) is 0.605. The van der Waals surface area contributed by atoms with Crippen LogP contribution < -0.4 is 4.74 Å². The molecule has 0 N–H and O–H groups in total. The molecule has 92 valence electrons. The molecule has 0 saturated heterocycles. The predicted molar refractivity (Wildman–Crippen MR) is 71.6 cm³/mol. The highest BCUT2D eigenvalue weighted by atomic mass is 16.5. The van der Waals surface area contributed by atoms with Crippen LogP contribution in [-0.4, -0.2) is 5.97 Å². The maximum Gasteiger partial charge on any atom is 0.315 e. The zero-order valence-corrected chi connectivity index (χ0v) is 10.4. The van der Waals surface area contributed by atoms with E-state index in [2.05, 4.69) is 6.92 Å². The molecule has 0 saturated carbocycles. The maximum absolute atomic E-state index is 11.8. The van der Waals surface area contributed by atoms with Crippen molar-refractivity contribution in [2.75, 3.05) is 0 Å². The first-order valence-electron chi connectivity index (χ1n) is 6.12. The first-order chi connectivity index (χ1) is 8.79. The van der Waals surface area contributed by atoms with Gasteiger partial charge < -0.3 is 4.74 Å². The van der Waals surface area contributed by atoms with Crippen LogP contribution in [0.2, 0.25) is 0 Å². The normalized spacial score (nSPS) is 10.1. The van der Waals surface area contributed by atoms with E-state index >= 15 is 0 Å². The number of esters is 1. The first-order valence-corrected chi connectivity index (χ1v) is 6.12. The fourth-order valence-corrected chi connectivity index (χ4v) is 1.89. The molecule has 2 aromatic carbocycles. The summed E-state index contributed by atoms with van der Waals surface area (Å²) in [6, 6.07) is 17.1. The molecule has 0 spiro atoms. The molecule has 2 rings (SSSR count). The minimum absolute atomic E-state index is 0.220. The van der Waals surface area contributed by atoms with Crippen LogP contribution in [0.4, 0.5) is 0 Å². The SMILES string of the molecule is CCc1ccccc1CC(=O)Oc1ccccc1. The van der Waals surface area contributed by atoms with E-state index in [1.54, 1.807) is 12.1 Å². The summed E-state index contributed by atoms with van der Waals surface area (Å²) in [6.45, 7) is 2.08. The fourth-order valence-electron chi connectivity index (χ4n) is 1.89. The number of benzene rings is 2. The summed E-state index contributed by atoms with van der Waals surface area (Å²) in [5.41, 5.74) is 2.24. The Balaban J connectivity index is 2.03. The molecule has 18 heavy (non-hydrogen) atoms. The third kappa shape index (κ3) is 3.20. The van der Waals surface area contributed by atoms with Crippen molar-refractivity contribution in [3.63, 3.8) is 0 Å². The Labute approximate surface area is 107 Å².